The van der Waals surface area contributed by atoms with Crippen LogP contribution in [0.25, 0.3) is 0 Å². The topological polar surface area (TPSA) is 116 Å². The first-order valence-electron chi connectivity index (χ1n) is 13.8. The summed E-state index contributed by atoms with van der Waals surface area (Å²) in [6.07, 6.45) is -4.95. The van der Waals surface area contributed by atoms with Crippen molar-refractivity contribution in [2.75, 3.05) is 13.1 Å². The van der Waals surface area contributed by atoms with Gasteiger partial charge >= 0.3 is 6.36 Å². The Kier molecular flexibility index (Phi) is 8.84. The highest BCUT2D eigenvalue weighted by atomic mass is 35.5. The van der Waals surface area contributed by atoms with Crippen LogP contribution in [-0.2, 0) is 30.8 Å². The van der Waals surface area contributed by atoms with Gasteiger partial charge in [0.15, 0.2) is 0 Å². The number of halogens is 5. The monoisotopic (exact) mass is 676 g/mol. The van der Waals surface area contributed by atoms with Crippen LogP contribution in [0.15, 0.2) is 47.4 Å². The molecule has 5 rings (SSSR count). The number of alkyl halides is 3. The lowest BCUT2D eigenvalue weighted by atomic mass is 9.96. The molecule has 2 aromatic rings. The molecular formula is C28H29Cl2F3N4O6S. The smallest absolute Gasteiger partial charge is 0.406 e. The molecule has 2 aliphatic heterocycles. The zero-order chi connectivity index (χ0) is 32.1. The normalized spacial score (nSPS) is 23.1. The zero-order valence-corrected chi connectivity index (χ0v) is 25.9. The lowest BCUT2D eigenvalue weighted by Crippen LogP contribution is -2.76. The third-order valence-electron chi connectivity index (χ3n) is 7.79. The lowest BCUT2D eigenvalue weighted by molar-refractivity contribution is -0.274. The third kappa shape index (κ3) is 6.63. The predicted octanol–water partition coefficient (Wildman–Crippen LogP) is 3.81. The SMILES string of the molecule is CC(C)N1CC2N(C(=O)C(NC(=O)C3CC3)CN2S(=O)(=O)c2ccc(OC(F)(F)F)cc2Cl)C(Cc2ccc(Cl)cc2)C1=O. The molecule has 0 radical (unpaired) electrons. The molecule has 3 unspecified atom stereocenters. The summed E-state index contributed by atoms with van der Waals surface area (Å²) >= 11 is 12.2. The Bertz CT molecular complexity index is 1570. The van der Waals surface area contributed by atoms with Gasteiger partial charge in [-0.1, -0.05) is 35.3 Å². The van der Waals surface area contributed by atoms with Gasteiger partial charge in [0.25, 0.3) is 0 Å². The molecular weight excluding hydrogens is 648 g/mol. The van der Waals surface area contributed by atoms with Crippen molar-refractivity contribution in [3.8, 4) is 5.75 Å². The van der Waals surface area contributed by atoms with E-state index in [0.29, 0.717) is 23.4 Å². The number of nitrogens with zero attached hydrogens (tertiary/aromatic N) is 3. The Morgan fingerprint density at radius 1 is 1.05 bits per heavy atom. The number of nitrogens with one attached hydrogen (secondary N) is 1. The molecule has 44 heavy (non-hydrogen) atoms. The van der Waals surface area contributed by atoms with Crippen LogP contribution in [0.2, 0.25) is 10.0 Å². The fourth-order valence-corrected chi connectivity index (χ4v) is 7.69. The molecule has 3 fully saturated rings. The van der Waals surface area contributed by atoms with Crippen LogP contribution in [-0.4, -0.2) is 84.0 Å². The molecule has 0 bridgehead atoms. The summed E-state index contributed by atoms with van der Waals surface area (Å²) in [6.45, 7) is 2.84. The summed E-state index contributed by atoms with van der Waals surface area (Å²) in [6, 6.07) is 6.25. The van der Waals surface area contributed by atoms with E-state index >= 15 is 0 Å². The largest absolute Gasteiger partial charge is 0.573 e. The predicted molar refractivity (Wildman–Crippen MR) is 153 cm³/mol. The molecule has 1 N–H and O–H groups in total. The van der Waals surface area contributed by atoms with Gasteiger partial charge in [0.1, 0.15) is 28.9 Å². The Hall–Kier alpha value is -3.07. The van der Waals surface area contributed by atoms with Crippen LogP contribution in [0.5, 0.6) is 5.75 Å². The number of benzene rings is 2. The van der Waals surface area contributed by atoms with E-state index in [2.05, 4.69) is 10.1 Å². The highest BCUT2D eigenvalue weighted by molar-refractivity contribution is 7.89. The van der Waals surface area contributed by atoms with Crippen molar-refractivity contribution in [2.45, 2.75) is 68.7 Å². The Morgan fingerprint density at radius 3 is 2.27 bits per heavy atom. The first kappa shape index (κ1) is 32.3. The molecule has 0 spiro atoms. The fourth-order valence-electron chi connectivity index (χ4n) is 5.47. The fraction of sp³-hybridized carbons (Fsp3) is 0.464. The van der Waals surface area contributed by atoms with E-state index in [1.54, 1.807) is 38.1 Å². The number of fused-ring (bicyclic) bond motifs is 1. The van der Waals surface area contributed by atoms with Crippen molar-refractivity contribution in [2.24, 2.45) is 5.92 Å². The highest BCUT2D eigenvalue weighted by Gasteiger charge is 2.55. The van der Waals surface area contributed by atoms with Crippen molar-refractivity contribution in [3.63, 3.8) is 0 Å². The molecule has 3 amide bonds. The first-order valence-corrected chi connectivity index (χ1v) is 16.0. The van der Waals surface area contributed by atoms with Crippen molar-refractivity contribution in [1.29, 1.82) is 0 Å². The number of hydrogen-bond acceptors (Lipinski definition) is 6. The van der Waals surface area contributed by atoms with Gasteiger partial charge in [-0.15, -0.1) is 13.2 Å². The molecule has 2 saturated heterocycles. The van der Waals surface area contributed by atoms with Crippen molar-refractivity contribution in [1.82, 2.24) is 19.4 Å². The second-order valence-electron chi connectivity index (χ2n) is 11.2. The van der Waals surface area contributed by atoms with E-state index in [1.807, 2.05) is 0 Å². The summed E-state index contributed by atoms with van der Waals surface area (Å²) in [5, 5.41) is 2.57. The quantitative estimate of drug-likeness (QED) is 0.455. The molecule has 2 heterocycles. The number of ether oxygens (including phenoxy) is 1. The van der Waals surface area contributed by atoms with E-state index in [0.717, 1.165) is 22.5 Å². The van der Waals surface area contributed by atoms with Gasteiger partial charge in [-0.2, -0.15) is 4.31 Å². The van der Waals surface area contributed by atoms with Crippen LogP contribution < -0.4 is 10.1 Å². The van der Waals surface area contributed by atoms with E-state index < -0.39 is 74.6 Å². The van der Waals surface area contributed by atoms with Crippen molar-refractivity contribution < 1.29 is 40.7 Å². The average molecular weight is 678 g/mol. The second-order valence-corrected chi connectivity index (χ2v) is 13.9. The van der Waals surface area contributed by atoms with E-state index in [-0.39, 0.29) is 24.9 Å². The molecule has 1 aliphatic carbocycles. The van der Waals surface area contributed by atoms with Gasteiger partial charge in [-0.25, -0.2) is 8.42 Å². The van der Waals surface area contributed by atoms with Gasteiger partial charge in [0.05, 0.1) is 11.6 Å². The number of carbonyl (C=O) groups excluding carboxylic acids is 3. The van der Waals surface area contributed by atoms with Gasteiger partial charge in [-0.05, 0) is 56.5 Å². The van der Waals surface area contributed by atoms with Crippen molar-refractivity contribution >= 4 is 50.9 Å². The minimum Gasteiger partial charge on any atom is -0.406 e. The summed E-state index contributed by atoms with van der Waals surface area (Å²) < 4.78 is 71.6. The summed E-state index contributed by atoms with van der Waals surface area (Å²) in [5.41, 5.74) is 0.659. The number of amides is 3. The molecule has 2 aromatic carbocycles. The van der Waals surface area contributed by atoms with Gasteiger partial charge < -0.3 is 19.9 Å². The molecule has 0 aromatic heterocycles. The van der Waals surface area contributed by atoms with Crippen LogP contribution in [0.1, 0.15) is 32.3 Å². The molecule has 10 nitrogen and oxygen atoms in total. The molecule has 1 saturated carbocycles. The molecule has 16 heteroatoms. The molecule has 3 aliphatic rings. The van der Waals surface area contributed by atoms with Crippen LogP contribution in [0.3, 0.4) is 0 Å². The highest BCUT2D eigenvalue weighted by Crippen LogP contribution is 2.37. The van der Waals surface area contributed by atoms with Crippen LogP contribution >= 0.6 is 23.2 Å². The standard InChI is InChI=1S/C28H29Cl2F3N4O6S/c1-15(2)35-14-24-36(44(41,42)23-10-9-19(12-20(23)30)43-28(31,32)33)13-21(34-25(38)17-5-6-17)26(39)37(24)22(27(35)40)11-16-3-7-18(29)8-4-16/h3-4,7-10,12,15,17,21-22,24H,5-6,11,13-14H2,1-2H3,(H,34,38). The number of piperazine rings is 1. The molecule has 3 atom stereocenters. The first-order chi connectivity index (χ1) is 20.6. The minimum absolute atomic E-state index is 0.0306. The van der Waals surface area contributed by atoms with Gasteiger partial charge in [-0.3, -0.25) is 14.4 Å². The van der Waals surface area contributed by atoms with Gasteiger partial charge in [0.2, 0.25) is 27.7 Å². The zero-order valence-electron chi connectivity index (χ0n) is 23.6. The number of hydrogen-bond donors (Lipinski definition) is 1. The van der Waals surface area contributed by atoms with Gasteiger partial charge in [0, 0.05) is 36.0 Å². The van der Waals surface area contributed by atoms with E-state index in [4.69, 9.17) is 23.2 Å². The maximum Gasteiger partial charge on any atom is 0.573 e. The van der Waals surface area contributed by atoms with E-state index in [9.17, 15) is 36.0 Å². The Morgan fingerprint density at radius 2 is 1.70 bits per heavy atom. The van der Waals surface area contributed by atoms with Crippen LogP contribution in [0.4, 0.5) is 13.2 Å². The maximum atomic E-state index is 14.2. The number of rotatable bonds is 8. The third-order valence-corrected chi connectivity index (χ3v) is 10.4. The second kappa shape index (κ2) is 12.0. The van der Waals surface area contributed by atoms with Crippen molar-refractivity contribution in [3.05, 3.63) is 58.1 Å². The van der Waals surface area contributed by atoms with E-state index in [1.165, 1.54) is 9.80 Å². The Labute approximate surface area is 262 Å². The Balaban J connectivity index is 1.58. The summed E-state index contributed by atoms with van der Waals surface area (Å²) in [5.74, 6) is -2.45. The number of carbonyl (C=O) groups is 3. The summed E-state index contributed by atoms with van der Waals surface area (Å²) in [4.78, 5) is 42.8. The maximum absolute atomic E-state index is 14.2. The number of sulfonamides is 1. The lowest BCUT2D eigenvalue weighted by Gasteiger charge is -2.54. The summed E-state index contributed by atoms with van der Waals surface area (Å²) in [7, 11) is -4.62. The minimum atomic E-state index is -5.03. The average Bonchev–Trinajstić information content (AvgIpc) is 3.77. The molecule has 238 valence electrons. The van der Waals surface area contributed by atoms with Crippen LogP contribution in [0, 0.1) is 5.92 Å².